The van der Waals surface area contributed by atoms with E-state index in [2.05, 4.69) is 39.6 Å². The van der Waals surface area contributed by atoms with Crippen molar-refractivity contribution in [2.45, 2.75) is 38.6 Å². The van der Waals surface area contributed by atoms with Crippen molar-refractivity contribution >= 4 is 27.3 Å². The Hall–Kier alpha value is 0.140. The third-order valence-electron chi connectivity index (χ3n) is 4.11. The first-order valence-corrected chi connectivity index (χ1v) is 7.84. The molecular weight excluding hydrogens is 282 g/mol. The van der Waals surface area contributed by atoms with Crippen molar-refractivity contribution in [1.82, 2.24) is 5.32 Å². The molecular formula is C13H18BrNS. The molecule has 3 rings (SSSR count). The molecule has 1 N–H and O–H groups in total. The molecule has 0 saturated heterocycles. The maximum Gasteiger partial charge on any atom is 0.0386 e. The summed E-state index contributed by atoms with van der Waals surface area (Å²) in [5.41, 5.74) is 0.711. The van der Waals surface area contributed by atoms with Crippen LogP contribution in [0.2, 0.25) is 0 Å². The summed E-state index contributed by atoms with van der Waals surface area (Å²) in [4.78, 5) is 1.44. The van der Waals surface area contributed by atoms with Gasteiger partial charge in [0.25, 0.3) is 0 Å². The molecule has 0 aromatic carbocycles. The highest BCUT2D eigenvalue weighted by Crippen LogP contribution is 2.60. The van der Waals surface area contributed by atoms with Crippen LogP contribution in [-0.2, 0) is 0 Å². The van der Waals surface area contributed by atoms with Gasteiger partial charge in [0.1, 0.15) is 0 Å². The molecule has 1 nitrogen and oxygen atoms in total. The number of hydrogen-bond donors (Lipinski definition) is 1. The minimum atomic E-state index is 0.507. The van der Waals surface area contributed by atoms with E-state index < -0.39 is 0 Å². The van der Waals surface area contributed by atoms with E-state index in [1.165, 1.54) is 41.6 Å². The minimum Gasteiger partial charge on any atom is -0.309 e. The lowest BCUT2D eigenvalue weighted by Gasteiger charge is -2.19. The zero-order chi connectivity index (χ0) is 11.2. The summed E-state index contributed by atoms with van der Waals surface area (Å²) in [5.74, 6) is 1.06. The zero-order valence-electron chi connectivity index (χ0n) is 9.63. The summed E-state index contributed by atoms with van der Waals surface area (Å²) in [7, 11) is 0. The van der Waals surface area contributed by atoms with Crippen LogP contribution < -0.4 is 5.32 Å². The van der Waals surface area contributed by atoms with E-state index in [1.54, 1.807) is 0 Å². The Labute approximate surface area is 110 Å². The summed E-state index contributed by atoms with van der Waals surface area (Å²) >= 11 is 5.36. The summed E-state index contributed by atoms with van der Waals surface area (Å²) in [6, 6.07) is 2.74. The van der Waals surface area contributed by atoms with Crippen LogP contribution in [0, 0.1) is 11.3 Å². The molecule has 1 atom stereocenters. The Bertz CT molecular complexity index is 379. The Morgan fingerprint density at radius 3 is 2.81 bits per heavy atom. The minimum absolute atomic E-state index is 0.507. The molecule has 16 heavy (non-hydrogen) atoms. The van der Waals surface area contributed by atoms with Gasteiger partial charge in [-0.25, -0.2) is 0 Å². The van der Waals surface area contributed by atoms with Gasteiger partial charge in [-0.1, -0.05) is 0 Å². The normalized spacial score (nSPS) is 24.4. The number of nitrogens with one attached hydrogen (secondary N) is 1. The van der Waals surface area contributed by atoms with Gasteiger partial charge in [0.15, 0.2) is 0 Å². The fourth-order valence-corrected chi connectivity index (χ4v) is 4.08. The highest BCUT2D eigenvalue weighted by Gasteiger charge is 2.53. The van der Waals surface area contributed by atoms with Gasteiger partial charge in [-0.05, 0) is 65.9 Å². The van der Waals surface area contributed by atoms with Gasteiger partial charge in [-0.15, -0.1) is 11.3 Å². The van der Waals surface area contributed by atoms with Crippen LogP contribution in [0.1, 0.15) is 43.5 Å². The van der Waals surface area contributed by atoms with Crippen molar-refractivity contribution in [2.24, 2.45) is 11.3 Å². The van der Waals surface area contributed by atoms with Crippen molar-refractivity contribution in [3.05, 3.63) is 20.8 Å². The second-order valence-corrected chi connectivity index (χ2v) is 7.27. The third-order valence-corrected chi connectivity index (χ3v) is 5.99. The van der Waals surface area contributed by atoms with Crippen LogP contribution in [0.4, 0.5) is 0 Å². The van der Waals surface area contributed by atoms with Crippen LogP contribution in [0.3, 0.4) is 0 Å². The second-order valence-electron chi connectivity index (χ2n) is 5.41. The fourth-order valence-electron chi connectivity index (χ4n) is 2.60. The molecule has 2 aliphatic rings. The number of rotatable bonds is 5. The Kier molecular flexibility index (Phi) is 2.89. The van der Waals surface area contributed by atoms with Gasteiger partial charge in [0, 0.05) is 27.3 Å². The van der Waals surface area contributed by atoms with Gasteiger partial charge in [0.05, 0.1) is 0 Å². The van der Waals surface area contributed by atoms with Crippen molar-refractivity contribution < 1.29 is 0 Å². The Morgan fingerprint density at radius 2 is 2.31 bits per heavy atom. The van der Waals surface area contributed by atoms with Crippen LogP contribution in [0.25, 0.3) is 0 Å². The predicted molar refractivity (Wildman–Crippen MR) is 72.8 cm³/mol. The lowest BCUT2D eigenvalue weighted by molar-refractivity contribution is 0.383. The standard InChI is InChI=1S/C13H18BrNS/c1-9(12-6-11(14)7-16-12)15-8-13(4-5-13)10-2-3-10/h6-7,9-10,15H,2-5,8H2,1H3. The summed E-state index contributed by atoms with van der Waals surface area (Å²) in [6.07, 6.45) is 5.90. The van der Waals surface area contributed by atoms with E-state index in [1.807, 2.05) is 11.3 Å². The molecule has 0 aliphatic heterocycles. The molecule has 1 unspecified atom stereocenters. The molecule has 0 amide bonds. The van der Waals surface area contributed by atoms with Crippen molar-refractivity contribution in [1.29, 1.82) is 0 Å². The first-order valence-electron chi connectivity index (χ1n) is 6.17. The van der Waals surface area contributed by atoms with Crippen molar-refractivity contribution in [3.63, 3.8) is 0 Å². The first-order chi connectivity index (χ1) is 7.70. The molecule has 1 aromatic rings. The molecule has 3 heteroatoms. The maximum absolute atomic E-state index is 3.73. The molecule has 2 aliphatic carbocycles. The Morgan fingerprint density at radius 1 is 1.56 bits per heavy atom. The molecule has 1 heterocycles. The van der Waals surface area contributed by atoms with Gasteiger partial charge >= 0.3 is 0 Å². The van der Waals surface area contributed by atoms with Crippen LogP contribution in [0.5, 0.6) is 0 Å². The van der Waals surface area contributed by atoms with E-state index in [0.717, 1.165) is 5.92 Å². The largest absolute Gasteiger partial charge is 0.309 e. The van der Waals surface area contributed by atoms with Gasteiger partial charge < -0.3 is 5.32 Å². The second kappa shape index (κ2) is 4.11. The number of halogens is 1. The summed E-state index contributed by atoms with van der Waals surface area (Å²) < 4.78 is 1.21. The van der Waals surface area contributed by atoms with Crippen LogP contribution in [0.15, 0.2) is 15.9 Å². The molecule has 2 saturated carbocycles. The summed E-state index contributed by atoms with van der Waals surface area (Å²) in [5, 5.41) is 5.89. The molecule has 0 bridgehead atoms. The quantitative estimate of drug-likeness (QED) is 0.852. The maximum atomic E-state index is 3.73. The van der Waals surface area contributed by atoms with Gasteiger partial charge in [-0.2, -0.15) is 0 Å². The first kappa shape index (κ1) is 11.2. The third kappa shape index (κ3) is 2.22. The topological polar surface area (TPSA) is 12.0 Å². The summed E-state index contributed by atoms with van der Waals surface area (Å²) in [6.45, 7) is 3.51. The molecule has 1 aromatic heterocycles. The van der Waals surface area contributed by atoms with E-state index in [4.69, 9.17) is 0 Å². The van der Waals surface area contributed by atoms with Crippen LogP contribution in [-0.4, -0.2) is 6.54 Å². The fraction of sp³-hybridized carbons (Fsp3) is 0.692. The predicted octanol–water partition coefficient (Wildman–Crippen LogP) is 4.35. The lowest BCUT2D eigenvalue weighted by atomic mass is 10.0. The van der Waals surface area contributed by atoms with E-state index in [9.17, 15) is 0 Å². The molecule has 0 spiro atoms. The van der Waals surface area contributed by atoms with Gasteiger partial charge in [-0.3, -0.25) is 0 Å². The smallest absolute Gasteiger partial charge is 0.0386 e. The average Bonchev–Trinajstić information content (AvgIpc) is 3.14. The SMILES string of the molecule is CC(NCC1(C2CC2)CC1)c1cc(Br)cs1. The number of thiophene rings is 1. The highest BCUT2D eigenvalue weighted by molar-refractivity contribution is 9.10. The van der Waals surface area contributed by atoms with Crippen molar-refractivity contribution in [3.8, 4) is 0 Å². The lowest BCUT2D eigenvalue weighted by Crippen LogP contribution is -2.27. The molecule has 2 fully saturated rings. The van der Waals surface area contributed by atoms with Crippen molar-refractivity contribution in [2.75, 3.05) is 6.54 Å². The highest BCUT2D eigenvalue weighted by atomic mass is 79.9. The molecule has 88 valence electrons. The van der Waals surface area contributed by atoms with Crippen LogP contribution >= 0.6 is 27.3 Å². The number of hydrogen-bond acceptors (Lipinski definition) is 2. The molecule has 0 radical (unpaired) electrons. The van der Waals surface area contributed by atoms with Gasteiger partial charge in [0.2, 0.25) is 0 Å². The zero-order valence-corrected chi connectivity index (χ0v) is 12.0. The van der Waals surface area contributed by atoms with E-state index in [-0.39, 0.29) is 0 Å². The Balaban J connectivity index is 1.55. The van der Waals surface area contributed by atoms with E-state index >= 15 is 0 Å². The average molecular weight is 300 g/mol. The van der Waals surface area contributed by atoms with E-state index in [0.29, 0.717) is 11.5 Å². The monoisotopic (exact) mass is 299 g/mol.